The highest BCUT2D eigenvalue weighted by Gasteiger charge is 2.09. The van der Waals surface area contributed by atoms with Gasteiger partial charge in [0.15, 0.2) is 0 Å². The average Bonchev–Trinajstić information content (AvgIpc) is 2.15. The molecule has 0 aliphatic carbocycles. The molecule has 0 aromatic heterocycles. The zero-order valence-corrected chi connectivity index (χ0v) is 8.47. The van der Waals surface area contributed by atoms with E-state index in [9.17, 15) is 8.78 Å². The second-order valence-electron chi connectivity index (χ2n) is 3.30. The molecule has 1 rings (SSSR count). The molecule has 3 N–H and O–H groups in total. The summed E-state index contributed by atoms with van der Waals surface area (Å²) >= 11 is 0. The minimum Gasteiger partial charge on any atom is -0.383 e. The van der Waals surface area contributed by atoms with Crippen molar-refractivity contribution in [2.24, 2.45) is 5.84 Å². The Morgan fingerprint density at radius 3 is 2.40 bits per heavy atom. The minimum absolute atomic E-state index is 0.156. The van der Waals surface area contributed by atoms with Gasteiger partial charge >= 0.3 is 0 Å². The van der Waals surface area contributed by atoms with Crippen LogP contribution in [0.3, 0.4) is 0 Å². The molecule has 1 aromatic rings. The average molecular weight is 216 g/mol. The molecule has 0 fully saturated rings. The maximum absolute atomic E-state index is 12.8. The Balaban J connectivity index is 2.69. The van der Waals surface area contributed by atoms with Gasteiger partial charge in [0.2, 0.25) is 0 Å². The molecule has 1 unspecified atom stereocenters. The molecule has 84 valence electrons. The van der Waals surface area contributed by atoms with E-state index in [1.54, 1.807) is 0 Å². The molecule has 0 saturated heterocycles. The van der Waals surface area contributed by atoms with Gasteiger partial charge in [-0.05, 0) is 24.1 Å². The van der Waals surface area contributed by atoms with Crippen LogP contribution in [0.25, 0.3) is 0 Å². The van der Waals surface area contributed by atoms with Crippen LogP contribution in [0.1, 0.15) is 5.56 Å². The Bertz CT molecular complexity index is 300. The Morgan fingerprint density at radius 1 is 1.33 bits per heavy atom. The van der Waals surface area contributed by atoms with Crippen LogP contribution in [0, 0.1) is 11.6 Å². The van der Waals surface area contributed by atoms with Crippen LogP contribution in [0.2, 0.25) is 0 Å². The van der Waals surface area contributed by atoms with Gasteiger partial charge in [-0.1, -0.05) is 0 Å². The van der Waals surface area contributed by atoms with E-state index >= 15 is 0 Å². The van der Waals surface area contributed by atoms with E-state index in [-0.39, 0.29) is 6.04 Å². The van der Waals surface area contributed by atoms with E-state index in [1.165, 1.54) is 19.2 Å². The molecule has 0 radical (unpaired) electrons. The van der Waals surface area contributed by atoms with Crippen LogP contribution in [0.5, 0.6) is 0 Å². The van der Waals surface area contributed by atoms with Gasteiger partial charge < -0.3 is 4.74 Å². The van der Waals surface area contributed by atoms with Crippen LogP contribution >= 0.6 is 0 Å². The molecule has 0 bridgehead atoms. The number of methoxy groups -OCH3 is 1. The minimum atomic E-state index is -0.585. The van der Waals surface area contributed by atoms with Crippen molar-refractivity contribution < 1.29 is 13.5 Å². The molecule has 15 heavy (non-hydrogen) atoms. The lowest BCUT2D eigenvalue weighted by Crippen LogP contribution is -2.40. The number of benzene rings is 1. The van der Waals surface area contributed by atoms with Gasteiger partial charge in [0, 0.05) is 19.2 Å². The van der Waals surface area contributed by atoms with E-state index in [2.05, 4.69) is 5.43 Å². The molecular weight excluding hydrogens is 202 g/mol. The predicted molar refractivity (Wildman–Crippen MR) is 53.0 cm³/mol. The summed E-state index contributed by atoms with van der Waals surface area (Å²) in [6.07, 6.45) is 0.416. The highest BCUT2D eigenvalue weighted by atomic mass is 19.1. The number of hydrogen-bond donors (Lipinski definition) is 2. The molecule has 0 aliphatic rings. The van der Waals surface area contributed by atoms with Gasteiger partial charge in [0.1, 0.15) is 11.6 Å². The van der Waals surface area contributed by atoms with Crippen molar-refractivity contribution >= 4 is 0 Å². The molecule has 1 atom stereocenters. The summed E-state index contributed by atoms with van der Waals surface area (Å²) in [6, 6.07) is 3.24. The first-order valence-electron chi connectivity index (χ1n) is 4.55. The van der Waals surface area contributed by atoms with Crippen molar-refractivity contribution in [2.75, 3.05) is 13.7 Å². The summed E-state index contributed by atoms with van der Waals surface area (Å²) in [6.45, 7) is 0.384. The maximum atomic E-state index is 12.8. The van der Waals surface area contributed by atoms with Gasteiger partial charge in [-0.3, -0.25) is 11.3 Å². The third kappa shape index (κ3) is 3.91. The normalized spacial score (nSPS) is 12.8. The maximum Gasteiger partial charge on any atom is 0.126 e. The summed E-state index contributed by atoms with van der Waals surface area (Å²) in [5.41, 5.74) is 3.07. The van der Waals surface area contributed by atoms with Crippen molar-refractivity contribution in [1.29, 1.82) is 0 Å². The lowest BCUT2D eigenvalue weighted by atomic mass is 10.1. The van der Waals surface area contributed by atoms with E-state index in [1.807, 2.05) is 0 Å². The third-order valence-corrected chi connectivity index (χ3v) is 2.01. The molecule has 0 aliphatic heterocycles. The number of nitrogens with two attached hydrogens (primary N) is 1. The molecular formula is C10H14F2N2O. The van der Waals surface area contributed by atoms with Crippen molar-refractivity contribution in [3.05, 3.63) is 35.4 Å². The zero-order valence-electron chi connectivity index (χ0n) is 8.47. The molecule has 1 aromatic carbocycles. The fraction of sp³-hybridized carbons (Fsp3) is 0.400. The van der Waals surface area contributed by atoms with Crippen molar-refractivity contribution in [3.63, 3.8) is 0 Å². The number of hydrazine groups is 1. The smallest absolute Gasteiger partial charge is 0.126 e. The van der Waals surface area contributed by atoms with Gasteiger partial charge in [0.05, 0.1) is 6.61 Å². The monoisotopic (exact) mass is 216 g/mol. The first-order chi connectivity index (χ1) is 7.15. The molecule has 0 heterocycles. The quantitative estimate of drug-likeness (QED) is 0.570. The molecule has 3 nitrogen and oxygen atoms in total. The van der Waals surface area contributed by atoms with E-state index < -0.39 is 11.6 Å². The summed E-state index contributed by atoms with van der Waals surface area (Å²) in [5.74, 6) is 4.10. The third-order valence-electron chi connectivity index (χ3n) is 2.01. The highest BCUT2D eigenvalue weighted by Crippen LogP contribution is 2.10. The van der Waals surface area contributed by atoms with Gasteiger partial charge in [0.25, 0.3) is 0 Å². The lowest BCUT2D eigenvalue weighted by Gasteiger charge is -2.14. The number of halogens is 2. The Morgan fingerprint density at radius 2 is 1.93 bits per heavy atom. The molecule has 0 amide bonds. The summed E-state index contributed by atoms with van der Waals surface area (Å²) in [5, 5.41) is 0. The lowest BCUT2D eigenvalue weighted by molar-refractivity contribution is 0.166. The van der Waals surface area contributed by atoms with Gasteiger partial charge in [-0.25, -0.2) is 8.78 Å². The van der Waals surface area contributed by atoms with Crippen LogP contribution in [0.15, 0.2) is 18.2 Å². The Kier molecular flexibility index (Phi) is 4.61. The van der Waals surface area contributed by atoms with E-state index in [0.717, 1.165) is 6.07 Å². The van der Waals surface area contributed by atoms with E-state index in [0.29, 0.717) is 18.6 Å². The van der Waals surface area contributed by atoms with Crippen LogP contribution in [0.4, 0.5) is 8.78 Å². The zero-order chi connectivity index (χ0) is 11.3. The second kappa shape index (κ2) is 5.75. The standard InChI is InChI=1S/C10H14F2N2O/c1-15-6-10(14-13)4-7-2-8(11)5-9(12)3-7/h2-3,5,10,14H,4,6,13H2,1H3. The van der Waals surface area contributed by atoms with Crippen molar-refractivity contribution in [2.45, 2.75) is 12.5 Å². The molecule has 5 heteroatoms. The highest BCUT2D eigenvalue weighted by molar-refractivity contribution is 5.18. The number of ether oxygens (including phenoxy) is 1. The van der Waals surface area contributed by atoms with Gasteiger partial charge in [-0.15, -0.1) is 0 Å². The molecule has 0 spiro atoms. The first kappa shape index (κ1) is 12.0. The number of rotatable bonds is 5. The van der Waals surface area contributed by atoms with Crippen LogP contribution in [-0.4, -0.2) is 19.8 Å². The Hall–Kier alpha value is -1.04. The number of hydrogen-bond acceptors (Lipinski definition) is 3. The van der Waals surface area contributed by atoms with Crippen molar-refractivity contribution in [1.82, 2.24) is 5.43 Å². The molecule has 0 saturated carbocycles. The first-order valence-corrected chi connectivity index (χ1v) is 4.55. The van der Waals surface area contributed by atoms with Crippen LogP contribution < -0.4 is 11.3 Å². The fourth-order valence-corrected chi connectivity index (χ4v) is 1.38. The summed E-state index contributed by atoms with van der Waals surface area (Å²) < 4.78 is 30.6. The second-order valence-corrected chi connectivity index (χ2v) is 3.30. The van der Waals surface area contributed by atoms with Crippen LogP contribution in [-0.2, 0) is 11.2 Å². The SMILES string of the molecule is COCC(Cc1cc(F)cc(F)c1)NN. The topological polar surface area (TPSA) is 47.3 Å². The van der Waals surface area contributed by atoms with E-state index in [4.69, 9.17) is 10.6 Å². The Labute approximate surface area is 87.2 Å². The predicted octanol–water partition coefficient (Wildman–Crippen LogP) is 0.986. The summed E-state index contributed by atoms with van der Waals surface area (Å²) in [4.78, 5) is 0. The van der Waals surface area contributed by atoms with Gasteiger partial charge in [-0.2, -0.15) is 0 Å². The fourth-order valence-electron chi connectivity index (χ4n) is 1.38. The largest absolute Gasteiger partial charge is 0.383 e. The summed E-state index contributed by atoms with van der Waals surface area (Å²) in [7, 11) is 1.54. The van der Waals surface area contributed by atoms with Crippen molar-refractivity contribution in [3.8, 4) is 0 Å². The number of nitrogens with one attached hydrogen (secondary N) is 1.